The highest BCUT2D eigenvalue weighted by Crippen LogP contribution is 2.32. The highest BCUT2D eigenvalue weighted by atomic mass is 32.2. The van der Waals surface area contributed by atoms with E-state index in [9.17, 15) is 8.42 Å². The molecule has 20 heavy (non-hydrogen) atoms. The van der Waals surface area contributed by atoms with Gasteiger partial charge in [-0.3, -0.25) is 5.10 Å². The molecule has 0 aromatic carbocycles. The van der Waals surface area contributed by atoms with Crippen LogP contribution in [0.1, 0.15) is 38.3 Å². The zero-order chi connectivity index (χ0) is 14.8. The van der Waals surface area contributed by atoms with Crippen LogP contribution < -0.4 is 5.32 Å². The number of aromatic amines is 1. The molecule has 0 saturated heterocycles. The molecule has 0 saturated carbocycles. The average molecular weight is 316 g/mol. The summed E-state index contributed by atoms with van der Waals surface area (Å²) in [6.45, 7) is 5.66. The summed E-state index contributed by atoms with van der Waals surface area (Å²) in [5.74, 6) is 0.320. The van der Waals surface area contributed by atoms with Gasteiger partial charge >= 0.3 is 0 Å². The van der Waals surface area contributed by atoms with Crippen LogP contribution >= 0.6 is 11.3 Å². The van der Waals surface area contributed by atoms with E-state index in [-0.39, 0.29) is 10.4 Å². The van der Waals surface area contributed by atoms with Gasteiger partial charge in [-0.2, -0.15) is 5.10 Å². The van der Waals surface area contributed by atoms with Gasteiger partial charge in [-0.25, -0.2) is 13.4 Å². The Hall–Kier alpha value is -1.55. The molecule has 2 heterocycles. The fourth-order valence-electron chi connectivity index (χ4n) is 1.68. The molecule has 1 unspecified atom stereocenters. The molecule has 2 aromatic heterocycles. The Morgan fingerprint density at radius 1 is 1.40 bits per heavy atom. The van der Waals surface area contributed by atoms with Gasteiger partial charge in [-0.1, -0.05) is 18.3 Å². The van der Waals surface area contributed by atoms with Crippen molar-refractivity contribution in [1.29, 1.82) is 0 Å². The fourth-order valence-corrected chi connectivity index (χ4v) is 4.60. The number of hydrogen-bond acceptors (Lipinski definition) is 8. The number of sulfone groups is 1. The summed E-state index contributed by atoms with van der Waals surface area (Å²) >= 11 is 1.03. The van der Waals surface area contributed by atoms with Crippen LogP contribution in [0.15, 0.2) is 10.7 Å². The van der Waals surface area contributed by atoms with Gasteiger partial charge in [-0.15, -0.1) is 10.2 Å². The Morgan fingerprint density at radius 2 is 2.15 bits per heavy atom. The molecule has 0 aliphatic carbocycles. The third-order valence-corrected chi connectivity index (χ3v) is 6.02. The third-order valence-electron chi connectivity index (χ3n) is 2.55. The second-order valence-corrected chi connectivity index (χ2v) is 7.77. The van der Waals surface area contributed by atoms with Crippen LogP contribution in [-0.2, 0) is 9.84 Å². The standard InChI is InChI=1S/C10H16N6O2S2/c1-4-7(8-11-5-12-14-8)20(17,18)10-16-15-9(19-10)13-6(2)3/h5-7H,4H2,1-3H3,(H,13,15)(H,11,12,14). The predicted molar refractivity (Wildman–Crippen MR) is 75.3 cm³/mol. The number of nitrogens with one attached hydrogen (secondary N) is 2. The molecule has 0 fully saturated rings. The van der Waals surface area contributed by atoms with Gasteiger partial charge in [0.05, 0.1) is 0 Å². The summed E-state index contributed by atoms with van der Waals surface area (Å²) in [7, 11) is -3.62. The van der Waals surface area contributed by atoms with Crippen molar-refractivity contribution in [3.63, 3.8) is 0 Å². The predicted octanol–water partition coefficient (Wildman–Crippen LogP) is 1.40. The summed E-state index contributed by atoms with van der Waals surface area (Å²) < 4.78 is 25.1. The maximum absolute atomic E-state index is 12.6. The molecule has 10 heteroatoms. The van der Waals surface area contributed by atoms with Crippen molar-refractivity contribution >= 4 is 26.3 Å². The summed E-state index contributed by atoms with van der Waals surface area (Å²) in [5.41, 5.74) is 0. The number of anilines is 1. The van der Waals surface area contributed by atoms with E-state index in [0.717, 1.165) is 11.3 Å². The topological polar surface area (TPSA) is 114 Å². The molecule has 110 valence electrons. The first-order valence-electron chi connectivity index (χ1n) is 6.14. The van der Waals surface area contributed by atoms with Crippen LogP contribution in [-0.4, -0.2) is 39.8 Å². The van der Waals surface area contributed by atoms with Crippen molar-refractivity contribution in [1.82, 2.24) is 25.4 Å². The van der Waals surface area contributed by atoms with Gasteiger partial charge < -0.3 is 5.32 Å². The zero-order valence-corrected chi connectivity index (χ0v) is 13.0. The van der Waals surface area contributed by atoms with Gasteiger partial charge in [-0.05, 0) is 20.3 Å². The molecule has 0 bridgehead atoms. The number of hydrogen-bond donors (Lipinski definition) is 2. The average Bonchev–Trinajstić information content (AvgIpc) is 3.00. The Morgan fingerprint density at radius 3 is 2.70 bits per heavy atom. The Labute approximate surface area is 121 Å². The summed E-state index contributed by atoms with van der Waals surface area (Å²) in [6.07, 6.45) is 1.67. The highest BCUT2D eigenvalue weighted by molar-refractivity contribution is 7.93. The lowest BCUT2D eigenvalue weighted by Crippen LogP contribution is -2.14. The normalized spacial score (nSPS) is 13.6. The molecular weight excluding hydrogens is 300 g/mol. The van der Waals surface area contributed by atoms with Gasteiger partial charge in [0.2, 0.25) is 19.3 Å². The van der Waals surface area contributed by atoms with Crippen molar-refractivity contribution in [3.05, 3.63) is 12.2 Å². The molecule has 1 atom stereocenters. The highest BCUT2D eigenvalue weighted by Gasteiger charge is 2.33. The molecule has 0 radical (unpaired) electrons. The zero-order valence-electron chi connectivity index (χ0n) is 11.4. The van der Waals surface area contributed by atoms with Gasteiger partial charge in [0, 0.05) is 6.04 Å². The maximum Gasteiger partial charge on any atom is 0.235 e. The Kier molecular flexibility index (Phi) is 4.33. The van der Waals surface area contributed by atoms with Crippen LogP contribution in [0.2, 0.25) is 0 Å². The SMILES string of the molecule is CCC(c1ncn[nH]1)S(=O)(=O)c1nnc(NC(C)C)s1. The van der Waals surface area contributed by atoms with Crippen LogP contribution in [0.4, 0.5) is 5.13 Å². The van der Waals surface area contributed by atoms with E-state index < -0.39 is 15.1 Å². The molecular formula is C10H16N6O2S2. The smallest absolute Gasteiger partial charge is 0.235 e. The number of aromatic nitrogens is 5. The minimum atomic E-state index is -3.62. The first kappa shape index (κ1) is 14.9. The fraction of sp³-hybridized carbons (Fsp3) is 0.600. The Bertz CT molecular complexity index is 649. The van der Waals surface area contributed by atoms with Crippen molar-refractivity contribution in [2.45, 2.75) is 42.8 Å². The minimum Gasteiger partial charge on any atom is -0.358 e. The Balaban J connectivity index is 2.31. The van der Waals surface area contributed by atoms with E-state index in [2.05, 4.69) is 30.7 Å². The first-order chi connectivity index (χ1) is 9.45. The van der Waals surface area contributed by atoms with E-state index in [1.807, 2.05) is 13.8 Å². The molecule has 2 N–H and O–H groups in total. The monoisotopic (exact) mass is 316 g/mol. The van der Waals surface area contributed by atoms with Crippen LogP contribution in [0, 0.1) is 0 Å². The molecule has 0 aliphatic rings. The molecule has 0 aliphatic heterocycles. The van der Waals surface area contributed by atoms with Crippen molar-refractivity contribution in [2.75, 3.05) is 5.32 Å². The number of nitrogens with zero attached hydrogens (tertiary/aromatic N) is 4. The number of rotatable bonds is 6. The van der Waals surface area contributed by atoms with E-state index in [1.165, 1.54) is 6.33 Å². The molecule has 8 nitrogen and oxygen atoms in total. The molecule has 2 rings (SSSR count). The first-order valence-corrected chi connectivity index (χ1v) is 8.50. The lowest BCUT2D eigenvalue weighted by molar-refractivity contribution is 0.572. The molecule has 2 aromatic rings. The maximum atomic E-state index is 12.6. The van der Waals surface area contributed by atoms with Crippen molar-refractivity contribution < 1.29 is 8.42 Å². The van der Waals surface area contributed by atoms with Crippen molar-refractivity contribution in [2.24, 2.45) is 0 Å². The van der Waals surface area contributed by atoms with Crippen LogP contribution in [0.5, 0.6) is 0 Å². The van der Waals surface area contributed by atoms with Gasteiger partial charge in [0.15, 0.2) is 0 Å². The lowest BCUT2D eigenvalue weighted by atomic mass is 10.3. The lowest BCUT2D eigenvalue weighted by Gasteiger charge is -2.10. The second kappa shape index (κ2) is 5.83. The largest absolute Gasteiger partial charge is 0.358 e. The molecule has 0 amide bonds. The van der Waals surface area contributed by atoms with Crippen LogP contribution in [0.3, 0.4) is 0 Å². The van der Waals surface area contributed by atoms with Gasteiger partial charge in [0.1, 0.15) is 17.4 Å². The van der Waals surface area contributed by atoms with Gasteiger partial charge in [0.25, 0.3) is 0 Å². The second-order valence-electron chi connectivity index (χ2n) is 4.48. The third kappa shape index (κ3) is 2.96. The summed E-state index contributed by atoms with van der Waals surface area (Å²) in [5, 5.41) is 16.7. The van der Waals surface area contributed by atoms with E-state index >= 15 is 0 Å². The summed E-state index contributed by atoms with van der Waals surface area (Å²) in [6, 6.07) is 0.162. The van der Waals surface area contributed by atoms with Crippen LogP contribution in [0.25, 0.3) is 0 Å². The number of H-pyrrole nitrogens is 1. The minimum absolute atomic E-state index is 0.0103. The van der Waals surface area contributed by atoms with E-state index in [4.69, 9.17) is 0 Å². The quantitative estimate of drug-likeness (QED) is 0.828. The summed E-state index contributed by atoms with van der Waals surface area (Å²) in [4.78, 5) is 3.93. The molecule has 0 spiro atoms. The van der Waals surface area contributed by atoms with E-state index in [1.54, 1.807) is 6.92 Å². The van der Waals surface area contributed by atoms with Crippen molar-refractivity contribution in [3.8, 4) is 0 Å². The van der Waals surface area contributed by atoms with E-state index in [0.29, 0.717) is 17.4 Å².